The number of hydrogen-bond donors (Lipinski definition) is 1. The summed E-state index contributed by atoms with van der Waals surface area (Å²) in [6.45, 7) is 2.04. The van der Waals surface area contributed by atoms with Crippen LogP contribution in [0.3, 0.4) is 0 Å². The van der Waals surface area contributed by atoms with Gasteiger partial charge in [-0.05, 0) is 25.7 Å². The van der Waals surface area contributed by atoms with Crippen molar-refractivity contribution in [3.63, 3.8) is 0 Å². The summed E-state index contributed by atoms with van der Waals surface area (Å²) < 4.78 is 2.28. The lowest BCUT2D eigenvalue weighted by atomic mass is 9.95. The number of carbonyl (C=O) groups is 3. The first kappa shape index (κ1) is 17.0. The maximum Gasteiger partial charge on any atom is 0.325 e. The Labute approximate surface area is 151 Å². The molecule has 0 radical (unpaired) electrons. The van der Waals surface area contributed by atoms with Gasteiger partial charge in [0.05, 0.1) is 6.54 Å². The Morgan fingerprint density at radius 2 is 1.88 bits per heavy atom. The molecular formula is C17H24N6O3. The van der Waals surface area contributed by atoms with Crippen LogP contribution in [-0.4, -0.2) is 68.6 Å². The number of imide groups is 1. The zero-order valence-electron chi connectivity index (χ0n) is 14.8. The number of piperidine rings is 1. The monoisotopic (exact) mass is 360 g/mol. The van der Waals surface area contributed by atoms with Gasteiger partial charge in [0.1, 0.15) is 18.2 Å². The molecule has 0 aliphatic carbocycles. The molecule has 0 spiro atoms. The lowest BCUT2D eigenvalue weighted by Gasteiger charge is -2.32. The standard InChI is InChI=1S/C17H24N6O3/c24-14-10-18-17(26)23(14)11-15(25)21-8-5-12(6-9-21)16-20-19-13-4-2-1-3-7-22(13)16/h12H,1-11H2,(H,18,26). The molecule has 3 aliphatic heterocycles. The second-order valence-electron chi connectivity index (χ2n) is 7.23. The van der Waals surface area contributed by atoms with Crippen molar-refractivity contribution in [1.82, 2.24) is 29.9 Å². The molecule has 0 bridgehead atoms. The van der Waals surface area contributed by atoms with Crippen LogP contribution < -0.4 is 5.32 Å². The molecule has 0 unspecified atom stereocenters. The summed E-state index contributed by atoms with van der Waals surface area (Å²) in [6.07, 6.45) is 6.25. The van der Waals surface area contributed by atoms with E-state index in [4.69, 9.17) is 0 Å². The number of amides is 4. The number of rotatable bonds is 3. The van der Waals surface area contributed by atoms with Crippen LogP contribution in [0.25, 0.3) is 0 Å². The number of fused-ring (bicyclic) bond motifs is 1. The normalized spacial score (nSPS) is 21.5. The molecule has 9 nitrogen and oxygen atoms in total. The van der Waals surface area contributed by atoms with Crippen LogP contribution in [-0.2, 0) is 22.6 Å². The Kier molecular flexibility index (Phi) is 4.60. The number of hydrogen-bond acceptors (Lipinski definition) is 5. The molecule has 2 saturated heterocycles. The van der Waals surface area contributed by atoms with E-state index in [1.165, 1.54) is 19.3 Å². The van der Waals surface area contributed by atoms with E-state index in [1.807, 2.05) is 0 Å². The molecule has 4 rings (SSSR count). The Hall–Kier alpha value is -2.45. The Morgan fingerprint density at radius 1 is 1.08 bits per heavy atom. The van der Waals surface area contributed by atoms with Gasteiger partial charge in [-0.1, -0.05) is 6.42 Å². The average molecular weight is 360 g/mol. The summed E-state index contributed by atoms with van der Waals surface area (Å²) in [5, 5.41) is 11.3. The van der Waals surface area contributed by atoms with Gasteiger partial charge in [0.15, 0.2) is 0 Å². The van der Waals surface area contributed by atoms with E-state index in [0.29, 0.717) is 19.0 Å². The average Bonchev–Trinajstić information content (AvgIpc) is 3.10. The van der Waals surface area contributed by atoms with Gasteiger partial charge in [-0.3, -0.25) is 14.5 Å². The summed E-state index contributed by atoms with van der Waals surface area (Å²) in [5.41, 5.74) is 0. The largest absolute Gasteiger partial charge is 0.341 e. The highest BCUT2D eigenvalue weighted by Gasteiger charge is 2.33. The van der Waals surface area contributed by atoms with Crippen LogP contribution in [0.5, 0.6) is 0 Å². The fourth-order valence-electron chi connectivity index (χ4n) is 4.05. The second-order valence-corrected chi connectivity index (χ2v) is 7.23. The van der Waals surface area contributed by atoms with Crippen molar-refractivity contribution < 1.29 is 14.4 Å². The molecule has 2 fully saturated rings. The number of urea groups is 1. The number of carbonyl (C=O) groups excluding carboxylic acids is 3. The second kappa shape index (κ2) is 7.05. The summed E-state index contributed by atoms with van der Waals surface area (Å²) in [7, 11) is 0. The van der Waals surface area contributed by atoms with E-state index in [9.17, 15) is 14.4 Å². The fourth-order valence-corrected chi connectivity index (χ4v) is 4.05. The summed E-state index contributed by atoms with van der Waals surface area (Å²) in [6, 6.07) is -0.482. The minimum absolute atomic E-state index is 0.0216. The fraction of sp³-hybridized carbons (Fsp3) is 0.706. The maximum atomic E-state index is 12.4. The van der Waals surface area contributed by atoms with Gasteiger partial charge in [-0.2, -0.15) is 0 Å². The predicted octanol–water partition coefficient (Wildman–Crippen LogP) is 0.262. The molecule has 0 aromatic carbocycles. The minimum atomic E-state index is -0.482. The van der Waals surface area contributed by atoms with Crippen molar-refractivity contribution in [3.05, 3.63) is 11.6 Å². The van der Waals surface area contributed by atoms with Gasteiger partial charge in [-0.25, -0.2) is 4.79 Å². The Balaban J connectivity index is 1.36. The highest BCUT2D eigenvalue weighted by Crippen LogP contribution is 2.29. The third kappa shape index (κ3) is 3.17. The molecule has 4 heterocycles. The molecule has 1 aromatic rings. The maximum absolute atomic E-state index is 12.4. The van der Waals surface area contributed by atoms with Crippen LogP contribution in [0.2, 0.25) is 0 Å². The van der Waals surface area contributed by atoms with Gasteiger partial charge < -0.3 is 14.8 Å². The molecule has 4 amide bonds. The van der Waals surface area contributed by atoms with Gasteiger partial charge in [0, 0.05) is 32.0 Å². The van der Waals surface area contributed by atoms with E-state index >= 15 is 0 Å². The lowest BCUT2D eigenvalue weighted by molar-refractivity contribution is -0.137. The number of aryl methyl sites for hydroxylation is 1. The third-order valence-electron chi connectivity index (χ3n) is 5.58. The van der Waals surface area contributed by atoms with Crippen molar-refractivity contribution in [1.29, 1.82) is 0 Å². The Bertz CT molecular complexity index is 706. The minimum Gasteiger partial charge on any atom is -0.341 e. The van der Waals surface area contributed by atoms with Crippen molar-refractivity contribution >= 4 is 17.8 Å². The smallest absolute Gasteiger partial charge is 0.325 e. The van der Waals surface area contributed by atoms with Gasteiger partial charge in [0.25, 0.3) is 5.91 Å². The van der Waals surface area contributed by atoms with Gasteiger partial charge in [-0.15, -0.1) is 10.2 Å². The molecule has 0 atom stereocenters. The van der Waals surface area contributed by atoms with E-state index in [2.05, 4.69) is 20.1 Å². The van der Waals surface area contributed by atoms with Crippen LogP contribution in [0, 0.1) is 0 Å². The molecule has 9 heteroatoms. The molecule has 1 N–H and O–H groups in total. The van der Waals surface area contributed by atoms with Crippen molar-refractivity contribution in [3.8, 4) is 0 Å². The molecule has 1 aromatic heterocycles. The number of nitrogens with one attached hydrogen (secondary N) is 1. The molecule has 0 saturated carbocycles. The Morgan fingerprint density at radius 3 is 2.62 bits per heavy atom. The summed E-state index contributed by atoms with van der Waals surface area (Å²) in [5.74, 6) is 1.95. The summed E-state index contributed by atoms with van der Waals surface area (Å²) >= 11 is 0. The molecule has 26 heavy (non-hydrogen) atoms. The van der Waals surface area contributed by atoms with E-state index < -0.39 is 6.03 Å². The van der Waals surface area contributed by atoms with Crippen molar-refractivity contribution in [2.75, 3.05) is 26.2 Å². The zero-order chi connectivity index (χ0) is 18.1. The highest BCUT2D eigenvalue weighted by molar-refractivity contribution is 6.04. The van der Waals surface area contributed by atoms with Crippen molar-refractivity contribution in [2.24, 2.45) is 0 Å². The quantitative estimate of drug-likeness (QED) is 0.780. The van der Waals surface area contributed by atoms with E-state index in [0.717, 1.165) is 42.4 Å². The van der Waals surface area contributed by atoms with Gasteiger partial charge >= 0.3 is 6.03 Å². The van der Waals surface area contributed by atoms with Crippen LogP contribution >= 0.6 is 0 Å². The topological polar surface area (TPSA) is 100 Å². The first-order valence-electron chi connectivity index (χ1n) is 9.41. The predicted molar refractivity (Wildman–Crippen MR) is 91.2 cm³/mol. The molecular weight excluding hydrogens is 336 g/mol. The van der Waals surface area contributed by atoms with E-state index in [-0.39, 0.29) is 24.9 Å². The number of likely N-dealkylation sites (tertiary alicyclic amines) is 1. The zero-order valence-corrected chi connectivity index (χ0v) is 14.8. The van der Waals surface area contributed by atoms with Crippen LogP contribution in [0.15, 0.2) is 0 Å². The first-order valence-corrected chi connectivity index (χ1v) is 9.41. The number of aromatic nitrogens is 3. The summed E-state index contributed by atoms with van der Waals surface area (Å²) in [4.78, 5) is 38.4. The first-order chi connectivity index (χ1) is 12.6. The van der Waals surface area contributed by atoms with Crippen LogP contribution in [0.1, 0.15) is 49.7 Å². The number of nitrogens with zero attached hydrogens (tertiary/aromatic N) is 5. The van der Waals surface area contributed by atoms with E-state index in [1.54, 1.807) is 4.90 Å². The highest BCUT2D eigenvalue weighted by atomic mass is 16.2. The van der Waals surface area contributed by atoms with Crippen molar-refractivity contribution in [2.45, 2.75) is 51.0 Å². The van der Waals surface area contributed by atoms with Gasteiger partial charge in [0.2, 0.25) is 5.91 Å². The molecule has 140 valence electrons. The third-order valence-corrected chi connectivity index (χ3v) is 5.58. The molecule has 3 aliphatic rings. The lowest BCUT2D eigenvalue weighted by Crippen LogP contribution is -2.45. The van der Waals surface area contributed by atoms with Crippen LogP contribution in [0.4, 0.5) is 4.79 Å². The SMILES string of the molecule is O=C(CN1C(=O)CNC1=O)N1CCC(c2nnc3n2CCCCC3)CC1.